The molecule has 0 aromatic heterocycles. The van der Waals surface area contributed by atoms with Crippen LogP contribution in [0.1, 0.15) is 309 Å². The van der Waals surface area contributed by atoms with Crippen LogP contribution in [0.5, 0.6) is 0 Å². The van der Waals surface area contributed by atoms with Crippen molar-refractivity contribution in [2.75, 3.05) is 13.2 Å². The summed E-state index contributed by atoms with van der Waals surface area (Å²) in [7, 11) is 0. The highest BCUT2D eigenvalue weighted by Gasteiger charge is 2.44. The SMILES string of the molecule is CCCCCCC/C=C\C/C=C\CCCCCCCCCCCCCC(=O)NC(COC1OC(CO)C(O)C(O)C1O)C(O)/C=C/CC/C=C/CCCCCCCCCCCCCCCCCCCCCCCCC. The molecule has 0 spiro atoms. The van der Waals surface area contributed by atoms with Gasteiger partial charge in [0, 0.05) is 6.42 Å². The Morgan fingerprint density at radius 2 is 0.800 bits per heavy atom. The van der Waals surface area contributed by atoms with Crippen molar-refractivity contribution in [2.45, 2.75) is 352 Å². The van der Waals surface area contributed by atoms with Gasteiger partial charge in [-0.05, 0) is 64.2 Å². The summed E-state index contributed by atoms with van der Waals surface area (Å²) in [6.45, 7) is 3.79. The number of rotatable bonds is 56. The third-order valence-corrected chi connectivity index (χ3v) is 15.4. The van der Waals surface area contributed by atoms with E-state index in [-0.39, 0.29) is 12.5 Å². The number of ether oxygens (including phenoxy) is 2. The molecule has 0 aliphatic carbocycles. The molecule has 1 rings (SSSR count). The van der Waals surface area contributed by atoms with Gasteiger partial charge in [0.05, 0.1) is 25.4 Å². The lowest BCUT2D eigenvalue weighted by molar-refractivity contribution is -0.302. The van der Waals surface area contributed by atoms with Gasteiger partial charge in [-0.15, -0.1) is 0 Å². The first-order chi connectivity index (χ1) is 36.8. The first kappa shape index (κ1) is 71.2. The minimum absolute atomic E-state index is 0.186. The van der Waals surface area contributed by atoms with Crippen LogP contribution in [0.15, 0.2) is 48.6 Å². The van der Waals surface area contributed by atoms with Crippen molar-refractivity contribution in [3.05, 3.63) is 48.6 Å². The molecule has 1 amide bonds. The van der Waals surface area contributed by atoms with Gasteiger partial charge in [-0.3, -0.25) is 4.79 Å². The van der Waals surface area contributed by atoms with Crippen molar-refractivity contribution in [3.8, 4) is 0 Å². The summed E-state index contributed by atoms with van der Waals surface area (Å²) in [4.78, 5) is 13.1. The molecule has 7 unspecified atom stereocenters. The molecule has 9 nitrogen and oxygen atoms in total. The predicted octanol–water partition coefficient (Wildman–Crippen LogP) is 16.9. The molecule has 1 aliphatic rings. The first-order valence-corrected chi connectivity index (χ1v) is 32.4. The smallest absolute Gasteiger partial charge is 0.220 e. The Bertz CT molecular complexity index is 1320. The van der Waals surface area contributed by atoms with Crippen LogP contribution in [0.2, 0.25) is 0 Å². The zero-order valence-corrected chi connectivity index (χ0v) is 49.1. The maximum Gasteiger partial charge on any atom is 0.220 e. The summed E-state index contributed by atoms with van der Waals surface area (Å²) in [6, 6.07) is -0.825. The average Bonchev–Trinajstić information content (AvgIpc) is 3.41. The van der Waals surface area contributed by atoms with Crippen molar-refractivity contribution in [1.82, 2.24) is 5.32 Å². The van der Waals surface area contributed by atoms with E-state index in [1.807, 2.05) is 6.08 Å². The molecule has 0 bridgehead atoms. The van der Waals surface area contributed by atoms with Gasteiger partial charge >= 0.3 is 0 Å². The quantitative estimate of drug-likeness (QED) is 0.0261. The Hall–Kier alpha value is -1.85. The third kappa shape index (κ3) is 44.7. The second kappa shape index (κ2) is 55.5. The van der Waals surface area contributed by atoms with Crippen LogP contribution in [-0.4, -0.2) is 87.5 Å². The number of amides is 1. The number of hydrogen-bond donors (Lipinski definition) is 6. The van der Waals surface area contributed by atoms with Crippen molar-refractivity contribution < 1.29 is 39.8 Å². The molecular weight excluding hydrogens is 935 g/mol. The molecule has 1 heterocycles. The summed E-state index contributed by atoms with van der Waals surface area (Å²) >= 11 is 0. The molecule has 6 N–H and O–H groups in total. The summed E-state index contributed by atoms with van der Waals surface area (Å²) < 4.78 is 11.3. The number of carbonyl (C=O) groups excluding carboxylic acids is 1. The van der Waals surface area contributed by atoms with E-state index < -0.39 is 49.5 Å². The van der Waals surface area contributed by atoms with E-state index in [0.717, 1.165) is 44.9 Å². The van der Waals surface area contributed by atoms with E-state index in [1.165, 1.54) is 244 Å². The van der Waals surface area contributed by atoms with Gasteiger partial charge in [-0.1, -0.05) is 287 Å². The highest BCUT2D eigenvalue weighted by Crippen LogP contribution is 2.23. The second-order valence-electron chi connectivity index (χ2n) is 22.5. The zero-order valence-electron chi connectivity index (χ0n) is 49.1. The third-order valence-electron chi connectivity index (χ3n) is 15.4. The summed E-state index contributed by atoms with van der Waals surface area (Å²) in [5, 5.41) is 54.6. The summed E-state index contributed by atoms with van der Waals surface area (Å²) in [6.07, 6.45) is 67.7. The lowest BCUT2D eigenvalue weighted by Crippen LogP contribution is -2.60. The molecule has 440 valence electrons. The lowest BCUT2D eigenvalue weighted by atomic mass is 9.99. The first-order valence-electron chi connectivity index (χ1n) is 32.4. The Labute approximate surface area is 463 Å². The fraction of sp³-hybridized carbons (Fsp3) is 0.864. The Morgan fingerprint density at radius 1 is 0.453 bits per heavy atom. The number of allylic oxidation sites excluding steroid dienone is 7. The largest absolute Gasteiger partial charge is 0.394 e. The van der Waals surface area contributed by atoms with Gasteiger partial charge in [0.15, 0.2) is 6.29 Å². The predicted molar refractivity (Wildman–Crippen MR) is 318 cm³/mol. The van der Waals surface area contributed by atoms with Gasteiger partial charge in [0.25, 0.3) is 0 Å². The molecule has 1 fully saturated rings. The number of aliphatic hydroxyl groups is 5. The fourth-order valence-corrected chi connectivity index (χ4v) is 10.3. The summed E-state index contributed by atoms with van der Waals surface area (Å²) in [5.74, 6) is -0.186. The number of aliphatic hydroxyl groups excluding tert-OH is 5. The van der Waals surface area contributed by atoms with Crippen LogP contribution in [0.3, 0.4) is 0 Å². The van der Waals surface area contributed by atoms with E-state index in [2.05, 4.69) is 55.6 Å². The van der Waals surface area contributed by atoms with Crippen LogP contribution in [0.4, 0.5) is 0 Å². The van der Waals surface area contributed by atoms with Crippen molar-refractivity contribution in [3.63, 3.8) is 0 Å². The topological polar surface area (TPSA) is 149 Å². The lowest BCUT2D eigenvalue weighted by Gasteiger charge is -2.40. The van der Waals surface area contributed by atoms with Crippen LogP contribution >= 0.6 is 0 Å². The number of hydrogen-bond acceptors (Lipinski definition) is 8. The number of carbonyl (C=O) groups is 1. The van der Waals surface area contributed by atoms with Crippen LogP contribution in [0, 0.1) is 0 Å². The van der Waals surface area contributed by atoms with E-state index in [1.54, 1.807) is 6.08 Å². The van der Waals surface area contributed by atoms with Crippen molar-refractivity contribution >= 4 is 5.91 Å². The maximum atomic E-state index is 13.1. The highest BCUT2D eigenvalue weighted by molar-refractivity contribution is 5.76. The number of nitrogens with one attached hydrogen (secondary N) is 1. The van der Waals surface area contributed by atoms with E-state index in [4.69, 9.17) is 9.47 Å². The molecule has 0 radical (unpaired) electrons. The monoisotopic (exact) mass is 1060 g/mol. The van der Waals surface area contributed by atoms with Crippen LogP contribution < -0.4 is 5.32 Å². The molecule has 1 saturated heterocycles. The average molecular weight is 1060 g/mol. The maximum absolute atomic E-state index is 13.1. The van der Waals surface area contributed by atoms with Gasteiger partial charge in [0.2, 0.25) is 5.91 Å². The van der Waals surface area contributed by atoms with Crippen LogP contribution in [-0.2, 0) is 14.3 Å². The van der Waals surface area contributed by atoms with E-state index in [0.29, 0.717) is 6.42 Å². The van der Waals surface area contributed by atoms with E-state index >= 15 is 0 Å². The Morgan fingerprint density at radius 3 is 1.20 bits per heavy atom. The molecular formula is C66H123NO8. The zero-order chi connectivity index (χ0) is 54.3. The van der Waals surface area contributed by atoms with Gasteiger partial charge < -0.3 is 40.3 Å². The molecule has 0 saturated carbocycles. The Kier molecular flexibility index (Phi) is 52.6. The van der Waals surface area contributed by atoms with Crippen molar-refractivity contribution in [2.24, 2.45) is 0 Å². The molecule has 0 aromatic rings. The normalized spacial score (nSPS) is 19.2. The highest BCUT2D eigenvalue weighted by atomic mass is 16.7. The van der Waals surface area contributed by atoms with Gasteiger partial charge in [-0.25, -0.2) is 0 Å². The molecule has 75 heavy (non-hydrogen) atoms. The van der Waals surface area contributed by atoms with E-state index in [9.17, 15) is 30.3 Å². The molecule has 9 heteroatoms. The fourth-order valence-electron chi connectivity index (χ4n) is 10.3. The second-order valence-corrected chi connectivity index (χ2v) is 22.5. The summed E-state index contributed by atoms with van der Waals surface area (Å²) in [5.41, 5.74) is 0. The molecule has 1 aliphatic heterocycles. The minimum atomic E-state index is -1.57. The minimum Gasteiger partial charge on any atom is -0.394 e. The molecule has 0 aromatic carbocycles. The number of unbranched alkanes of at least 4 members (excludes halogenated alkanes) is 40. The molecule has 7 atom stereocenters. The van der Waals surface area contributed by atoms with Crippen LogP contribution in [0.25, 0.3) is 0 Å². The Balaban J connectivity index is 2.19. The van der Waals surface area contributed by atoms with Gasteiger partial charge in [0.1, 0.15) is 24.4 Å². The van der Waals surface area contributed by atoms with Gasteiger partial charge in [-0.2, -0.15) is 0 Å². The van der Waals surface area contributed by atoms with Crippen molar-refractivity contribution in [1.29, 1.82) is 0 Å². The standard InChI is InChI=1S/C66H123NO8/c1-3-5-7-9-11-13-15-17-19-21-23-25-27-28-29-30-31-32-34-35-37-39-41-43-45-47-49-51-53-55-60(69)59(58-74-66-65(73)64(72)63(71)61(57-68)75-66)67-62(70)56-54-52-50-48-46-44-42-40-38-36-33-26-24-22-20-18-16-14-12-10-8-6-4-2/h16,18,22,24,45,47,53,55,59-61,63-66,68-69,71-73H,3-15,17,19-21,23,25-44,46,48-52,54,56-58H2,1-2H3,(H,67,70)/b18-16-,24-22-,47-45+,55-53+.